The summed E-state index contributed by atoms with van der Waals surface area (Å²) in [5, 5.41) is 18.9. The van der Waals surface area contributed by atoms with Gasteiger partial charge in [0.1, 0.15) is 6.10 Å². The molecule has 0 aliphatic carbocycles. The smallest absolute Gasteiger partial charge is 0.124 e. The molecule has 0 aliphatic heterocycles. The van der Waals surface area contributed by atoms with Crippen LogP contribution in [0.25, 0.3) is 0 Å². The van der Waals surface area contributed by atoms with Crippen molar-refractivity contribution in [2.75, 3.05) is 0 Å². The highest BCUT2D eigenvalue weighted by Gasteiger charge is 2.17. The Hall–Kier alpha value is -1.62. The van der Waals surface area contributed by atoms with Gasteiger partial charge < -0.3 is 5.11 Å². The summed E-state index contributed by atoms with van der Waals surface area (Å²) in [4.78, 5) is 0. The molecule has 0 aromatic carbocycles. The fourth-order valence-electron chi connectivity index (χ4n) is 2.01. The molecule has 0 radical (unpaired) electrons. The molecule has 98 valence electrons. The molecule has 1 atom stereocenters. The highest BCUT2D eigenvalue weighted by Crippen LogP contribution is 2.21. The van der Waals surface area contributed by atoms with Crippen molar-refractivity contribution in [2.24, 2.45) is 7.05 Å². The zero-order valence-corrected chi connectivity index (χ0v) is 11.2. The summed E-state index contributed by atoms with van der Waals surface area (Å²) in [7, 11) is 1.86. The first-order chi connectivity index (χ1) is 8.65. The molecule has 0 aliphatic rings. The van der Waals surface area contributed by atoms with Crippen LogP contribution in [0.5, 0.6) is 0 Å². The van der Waals surface area contributed by atoms with E-state index < -0.39 is 6.10 Å². The molecule has 1 unspecified atom stereocenters. The van der Waals surface area contributed by atoms with Gasteiger partial charge in [-0.05, 0) is 18.9 Å². The first-order valence-corrected chi connectivity index (χ1v) is 6.39. The second-order valence-electron chi connectivity index (χ2n) is 4.48. The summed E-state index contributed by atoms with van der Waals surface area (Å²) in [5.74, 6) is 0. The van der Waals surface area contributed by atoms with Crippen LogP contribution in [-0.2, 0) is 20.0 Å². The minimum absolute atomic E-state index is 0.659. The zero-order valence-electron chi connectivity index (χ0n) is 11.2. The van der Waals surface area contributed by atoms with Gasteiger partial charge in [0.25, 0.3) is 0 Å². The van der Waals surface area contributed by atoms with E-state index in [-0.39, 0.29) is 0 Å². The third-order valence-electron chi connectivity index (χ3n) is 3.03. The second-order valence-corrected chi connectivity index (χ2v) is 4.48. The number of hydrogen-bond donors (Lipinski definition) is 1. The molecular formula is C13H20N4O. The van der Waals surface area contributed by atoms with Gasteiger partial charge in [0.05, 0.1) is 17.6 Å². The molecule has 0 spiro atoms. The number of hydrogen-bond acceptors (Lipinski definition) is 3. The van der Waals surface area contributed by atoms with Gasteiger partial charge in [-0.1, -0.05) is 13.8 Å². The molecule has 0 saturated carbocycles. The van der Waals surface area contributed by atoms with Crippen LogP contribution >= 0.6 is 0 Å². The van der Waals surface area contributed by atoms with Gasteiger partial charge in [-0.3, -0.25) is 9.36 Å². The lowest BCUT2D eigenvalue weighted by Crippen LogP contribution is -2.06. The van der Waals surface area contributed by atoms with Crippen molar-refractivity contribution < 1.29 is 5.11 Å². The Morgan fingerprint density at radius 2 is 2.17 bits per heavy atom. The van der Waals surface area contributed by atoms with Crippen LogP contribution in [0.1, 0.15) is 43.3 Å². The van der Waals surface area contributed by atoms with Crippen LogP contribution in [0.2, 0.25) is 0 Å². The van der Waals surface area contributed by atoms with Gasteiger partial charge in [-0.2, -0.15) is 10.2 Å². The van der Waals surface area contributed by atoms with E-state index in [9.17, 15) is 5.11 Å². The van der Waals surface area contributed by atoms with E-state index in [0.29, 0.717) is 0 Å². The molecule has 0 saturated heterocycles. The minimum Gasteiger partial charge on any atom is -0.382 e. The van der Waals surface area contributed by atoms with E-state index in [4.69, 9.17) is 0 Å². The maximum absolute atomic E-state index is 10.3. The van der Waals surface area contributed by atoms with Crippen molar-refractivity contribution in [1.82, 2.24) is 19.6 Å². The van der Waals surface area contributed by atoms with Crippen LogP contribution in [0.15, 0.2) is 18.5 Å². The second kappa shape index (κ2) is 5.35. The van der Waals surface area contributed by atoms with Gasteiger partial charge in [0.15, 0.2) is 0 Å². The number of aliphatic hydroxyl groups excluding tert-OH is 1. The standard InChI is InChI=1S/C13H20N4O/c1-4-6-17-9-10(8-14-17)13(18)12-7-11(5-2)15-16(12)3/h7-9,13,18H,4-6H2,1-3H3. The van der Waals surface area contributed by atoms with Gasteiger partial charge >= 0.3 is 0 Å². The van der Waals surface area contributed by atoms with E-state index in [0.717, 1.165) is 36.3 Å². The van der Waals surface area contributed by atoms with E-state index in [1.54, 1.807) is 10.9 Å². The predicted molar refractivity (Wildman–Crippen MR) is 69.2 cm³/mol. The Morgan fingerprint density at radius 1 is 1.39 bits per heavy atom. The maximum atomic E-state index is 10.3. The van der Waals surface area contributed by atoms with E-state index >= 15 is 0 Å². The SMILES string of the molecule is CCCn1cc(C(O)c2cc(CC)nn2C)cn1. The van der Waals surface area contributed by atoms with Crippen LogP contribution in [-0.4, -0.2) is 24.7 Å². The monoisotopic (exact) mass is 248 g/mol. The molecule has 5 nitrogen and oxygen atoms in total. The Labute approximate surface area is 107 Å². The van der Waals surface area contributed by atoms with Crippen LogP contribution in [0.4, 0.5) is 0 Å². The summed E-state index contributed by atoms with van der Waals surface area (Å²) in [5.41, 5.74) is 2.62. The average molecular weight is 248 g/mol. The molecule has 2 heterocycles. The minimum atomic E-state index is -0.659. The number of rotatable bonds is 5. The first-order valence-electron chi connectivity index (χ1n) is 6.39. The Balaban J connectivity index is 2.23. The van der Waals surface area contributed by atoms with Crippen LogP contribution < -0.4 is 0 Å². The first kappa shape index (κ1) is 12.8. The Kier molecular flexibility index (Phi) is 3.81. The molecule has 0 amide bonds. The van der Waals surface area contributed by atoms with Gasteiger partial charge in [-0.15, -0.1) is 0 Å². The van der Waals surface area contributed by atoms with Crippen molar-refractivity contribution in [3.8, 4) is 0 Å². The van der Waals surface area contributed by atoms with Crippen molar-refractivity contribution in [1.29, 1.82) is 0 Å². The average Bonchev–Trinajstić information content (AvgIpc) is 2.95. The predicted octanol–water partition coefficient (Wildman–Crippen LogP) is 1.67. The normalized spacial score (nSPS) is 12.9. The van der Waals surface area contributed by atoms with Gasteiger partial charge in [0.2, 0.25) is 0 Å². The topological polar surface area (TPSA) is 55.9 Å². The number of nitrogens with zero attached hydrogens (tertiary/aromatic N) is 4. The van der Waals surface area contributed by atoms with Crippen molar-refractivity contribution in [3.05, 3.63) is 35.4 Å². The summed E-state index contributed by atoms with van der Waals surface area (Å²) < 4.78 is 3.59. The molecule has 18 heavy (non-hydrogen) atoms. The van der Waals surface area contributed by atoms with E-state index in [1.807, 2.05) is 24.0 Å². The molecule has 1 N–H and O–H groups in total. The molecule has 0 fully saturated rings. The number of aliphatic hydroxyl groups is 1. The van der Waals surface area contributed by atoms with Gasteiger partial charge in [0, 0.05) is 25.4 Å². The van der Waals surface area contributed by atoms with Gasteiger partial charge in [-0.25, -0.2) is 0 Å². The van der Waals surface area contributed by atoms with Crippen molar-refractivity contribution >= 4 is 0 Å². The van der Waals surface area contributed by atoms with E-state index in [2.05, 4.69) is 24.0 Å². The zero-order chi connectivity index (χ0) is 13.1. The fraction of sp³-hybridized carbons (Fsp3) is 0.538. The lowest BCUT2D eigenvalue weighted by atomic mass is 10.1. The van der Waals surface area contributed by atoms with Crippen molar-refractivity contribution in [2.45, 2.75) is 39.3 Å². The molecule has 2 rings (SSSR count). The summed E-state index contributed by atoms with van der Waals surface area (Å²) in [6, 6.07) is 1.95. The Bertz CT molecular complexity index is 515. The molecule has 0 bridgehead atoms. The number of aromatic nitrogens is 4. The molecule has 5 heteroatoms. The third-order valence-corrected chi connectivity index (χ3v) is 3.03. The lowest BCUT2D eigenvalue weighted by Gasteiger charge is -2.08. The largest absolute Gasteiger partial charge is 0.382 e. The number of aryl methyl sites for hydroxylation is 3. The quantitative estimate of drug-likeness (QED) is 0.875. The summed E-state index contributed by atoms with van der Waals surface area (Å²) in [6.07, 6.45) is 4.86. The third kappa shape index (κ3) is 2.46. The molecule has 2 aromatic rings. The lowest BCUT2D eigenvalue weighted by molar-refractivity contribution is 0.209. The highest BCUT2D eigenvalue weighted by atomic mass is 16.3. The van der Waals surface area contributed by atoms with E-state index in [1.165, 1.54) is 0 Å². The maximum Gasteiger partial charge on any atom is 0.124 e. The van der Waals surface area contributed by atoms with Crippen molar-refractivity contribution in [3.63, 3.8) is 0 Å². The highest BCUT2D eigenvalue weighted by molar-refractivity contribution is 5.23. The fourth-order valence-corrected chi connectivity index (χ4v) is 2.01. The summed E-state index contributed by atoms with van der Waals surface area (Å²) in [6.45, 7) is 5.03. The summed E-state index contributed by atoms with van der Waals surface area (Å²) >= 11 is 0. The van der Waals surface area contributed by atoms with Crippen LogP contribution in [0.3, 0.4) is 0 Å². The molecular weight excluding hydrogens is 228 g/mol. The van der Waals surface area contributed by atoms with Crippen LogP contribution in [0, 0.1) is 0 Å². The molecule has 2 aromatic heterocycles. The Morgan fingerprint density at radius 3 is 2.78 bits per heavy atom.